The quantitative estimate of drug-likeness (QED) is 0.886. The number of carbonyl (C=O) groups excluding carboxylic acids is 1. The van der Waals surface area contributed by atoms with Crippen LogP contribution in [0.4, 0.5) is 0 Å². The fourth-order valence-electron chi connectivity index (χ4n) is 2.98. The molecule has 2 fully saturated rings. The summed E-state index contributed by atoms with van der Waals surface area (Å²) in [5, 5.41) is 3.32. The molecule has 2 atom stereocenters. The van der Waals surface area contributed by atoms with Gasteiger partial charge in [0.05, 0.1) is 18.8 Å². The number of ether oxygens (including phenoxy) is 1. The number of nitrogens with zero attached hydrogens (tertiary/aromatic N) is 1. The largest absolute Gasteiger partial charge is 0.376 e. The molecule has 0 bridgehead atoms. The Hall–Kier alpha value is -1.39. The van der Waals surface area contributed by atoms with Gasteiger partial charge in [-0.15, -0.1) is 0 Å². The number of amides is 1. The molecule has 20 heavy (non-hydrogen) atoms. The summed E-state index contributed by atoms with van der Waals surface area (Å²) in [6, 6.07) is 10.3. The molecule has 0 aromatic heterocycles. The molecule has 108 valence electrons. The molecule has 1 aromatic rings. The predicted molar refractivity (Wildman–Crippen MR) is 77.2 cm³/mol. The highest BCUT2D eigenvalue weighted by molar-refractivity contribution is 5.83. The van der Waals surface area contributed by atoms with Crippen LogP contribution >= 0.6 is 0 Å². The average Bonchev–Trinajstić information content (AvgIpc) is 3.10. The van der Waals surface area contributed by atoms with Crippen molar-refractivity contribution in [2.45, 2.75) is 37.8 Å². The van der Waals surface area contributed by atoms with Crippen LogP contribution in [0.5, 0.6) is 0 Å². The van der Waals surface area contributed by atoms with E-state index in [0.29, 0.717) is 6.67 Å². The van der Waals surface area contributed by atoms with Crippen LogP contribution in [0.25, 0.3) is 0 Å². The number of hydrogen-bond donors (Lipinski definition) is 1. The summed E-state index contributed by atoms with van der Waals surface area (Å²) in [7, 11) is 0. The minimum Gasteiger partial charge on any atom is -0.376 e. The maximum atomic E-state index is 12.3. The van der Waals surface area contributed by atoms with E-state index in [9.17, 15) is 4.79 Å². The standard InChI is InChI=1S/C16H22N2O2/c19-16-15(9-8-13-5-2-1-3-6-13)17-12-18(16)11-14-7-4-10-20-14/h1-3,5-6,14-15,17H,4,7-12H2. The zero-order chi connectivity index (χ0) is 13.8. The zero-order valence-corrected chi connectivity index (χ0v) is 11.8. The van der Waals surface area contributed by atoms with Gasteiger partial charge in [-0.05, 0) is 31.2 Å². The van der Waals surface area contributed by atoms with E-state index in [2.05, 4.69) is 17.4 Å². The van der Waals surface area contributed by atoms with Gasteiger partial charge in [-0.2, -0.15) is 0 Å². The molecule has 2 saturated heterocycles. The molecule has 0 spiro atoms. The van der Waals surface area contributed by atoms with Gasteiger partial charge in [0, 0.05) is 13.2 Å². The van der Waals surface area contributed by atoms with E-state index in [-0.39, 0.29) is 18.1 Å². The van der Waals surface area contributed by atoms with E-state index >= 15 is 0 Å². The number of rotatable bonds is 5. The van der Waals surface area contributed by atoms with Crippen molar-refractivity contribution in [3.63, 3.8) is 0 Å². The summed E-state index contributed by atoms with van der Waals surface area (Å²) in [6.07, 6.45) is 4.26. The summed E-state index contributed by atoms with van der Waals surface area (Å²) in [4.78, 5) is 14.2. The molecule has 4 heteroatoms. The Kier molecular flexibility index (Phi) is 4.33. The Morgan fingerprint density at radius 3 is 2.90 bits per heavy atom. The zero-order valence-electron chi connectivity index (χ0n) is 11.8. The van der Waals surface area contributed by atoms with Crippen molar-refractivity contribution in [1.82, 2.24) is 10.2 Å². The molecule has 2 heterocycles. The molecule has 0 saturated carbocycles. The topological polar surface area (TPSA) is 41.6 Å². The minimum atomic E-state index is -0.0309. The maximum absolute atomic E-state index is 12.3. The van der Waals surface area contributed by atoms with Gasteiger partial charge in [0.1, 0.15) is 0 Å². The summed E-state index contributed by atoms with van der Waals surface area (Å²) in [6.45, 7) is 2.25. The molecule has 2 aliphatic heterocycles. The van der Waals surface area contributed by atoms with Gasteiger partial charge in [-0.3, -0.25) is 10.1 Å². The van der Waals surface area contributed by atoms with E-state index in [4.69, 9.17) is 4.74 Å². The second-order valence-corrected chi connectivity index (χ2v) is 5.63. The van der Waals surface area contributed by atoms with Gasteiger partial charge in [0.25, 0.3) is 0 Å². The molecule has 3 rings (SSSR count). The van der Waals surface area contributed by atoms with Gasteiger partial charge in [-0.25, -0.2) is 0 Å². The van der Waals surface area contributed by atoms with Crippen molar-refractivity contribution in [2.75, 3.05) is 19.8 Å². The summed E-state index contributed by atoms with van der Waals surface area (Å²) in [5.41, 5.74) is 1.29. The summed E-state index contributed by atoms with van der Waals surface area (Å²) >= 11 is 0. The van der Waals surface area contributed by atoms with E-state index in [1.54, 1.807) is 0 Å². The normalized spacial score (nSPS) is 26.4. The van der Waals surface area contributed by atoms with Crippen molar-refractivity contribution >= 4 is 5.91 Å². The summed E-state index contributed by atoms with van der Waals surface area (Å²) < 4.78 is 5.61. The van der Waals surface area contributed by atoms with Crippen molar-refractivity contribution in [3.05, 3.63) is 35.9 Å². The van der Waals surface area contributed by atoms with Crippen LogP contribution in [0, 0.1) is 0 Å². The molecular formula is C16H22N2O2. The highest BCUT2D eigenvalue weighted by Crippen LogP contribution is 2.17. The lowest BCUT2D eigenvalue weighted by atomic mass is 10.1. The van der Waals surface area contributed by atoms with Gasteiger partial charge < -0.3 is 9.64 Å². The van der Waals surface area contributed by atoms with Gasteiger partial charge >= 0.3 is 0 Å². The van der Waals surface area contributed by atoms with Gasteiger partial charge in [0.15, 0.2) is 0 Å². The first-order valence-corrected chi connectivity index (χ1v) is 7.50. The monoisotopic (exact) mass is 274 g/mol. The first-order valence-electron chi connectivity index (χ1n) is 7.50. The molecule has 4 nitrogen and oxygen atoms in total. The van der Waals surface area contributed by atoms with E-state index < -0.39 is 0 Å². The first-order chi connectivity index (χ1) is 9.83. The Balaban J connectivity index is 1.48. The predicted octanol–water partition coefficient (Wildman–Crippen LogP) is 1.56. The maximum Gasteiger partial charge on any atom is 0.240 e. The van der Waals surface area contributed by atoms with Crippen LogP contribution in [0.15, 0.2) is 30.3 Å². The lowest BCUT2D eigenvalue weighted by molar-refractivity contribution is -0.130. The van der Waals surface area contributed by atoms with Crippen molar-refractivity contribution < 1.29 is 9.53 Å². The second-order valence-electron chi connectivity index (χ2n) is 5.63. The van der Waals surface area contributed by atoms with Crippen LogP contribution in [-0.4, -0.2) is 42.8 Å². The summed E-state index contributed by atoms with van der Waals surface area (Å²) in [5.74, 6) is 0.233. The number of hydrogen-bond acceptors (Lipinski definition) is 3. The van der Waals surface area contributed by atoms with Gasteiger partial charge in [0.2, 0.25) is 5.91 Å². The molecule has 1 aromatic carbocycles. The molecule has 1 N–H and O–H groups in total. The third-order valence-corrected chi connectivity index (χ3v) is 4.15. The Labute approximate surface area is 120 Å². The van der Waals surface area contributed by atoms with Crippen molar-refractivity contribution in [2.24, 2.45) is 0 Å². The lowest BCUT2D eigenvalue weighted by Crippen LogP contribution is -2.35. The number of aryl methyl sites for hydroxylation is 1. The van der Waals surface area contributed by atoms with E-state index in [0.717, 1.165) is 38.8 Å². The Bertz CT molecular complexity index is 443. The molecule has 0 radical (unpaired) electrons. The highest BCUT2D eigenvalue weighted by atomic mass is 16.5. The van der Waals surface area contributed by atoms with Crippen LogP contribution in [0.1, 0.15) is 24.8 Å². The molecule has 2 aliphatic rings. The highest BCUT2D eigenvalue weighted by Gasteiger charge is 2.32. The van der Waals surface area contributed by atoms with E-state index in [1.165, 1.54) is 5.56 Å². The first kappa shape index (κ1) is 13.6. The third kappa shape index (κ3) is 3.19. The Morgan fingerprint density at radius 2 is 2.15 bits per heavy atom. The third-order valence-electron chi connectivity index (χ3n) is 4.15. The van der Waals surface area contributed by atoms with Crippen LogP contribution in [0.2, 0.25) is 0 Å². The van der Waals surface area contributed by atoms with Crippen LogP contribution < -0.4 is 5.32 Å². The fraction of sp³-hybridized carbons (Fsp3) is 0.562. The fourth-order valence-corrected chi connectivity index (χ4v) is 2.98. The molecular weight excluding hydrogens is 252 g/mol. The number of benzene rings is 1. The Morgan fingerprint density at radius 1 is 1.30 bits per heavy atom. The van der Waals surface area contributed by atoms with E-state index in [1.807, 2.05) is 23.1 Å². The SMILES string of the molecule is O=C1C(CCc2ccccc2)NCN1CC1CCCO1. The molecule has 1 amide bonds. The van der Waals surface area contributed by atoms with Gasteiger partial charge in [-0.1, -0.05) is 30.3 Å². The van der Waals surface area contributed by atoms with Crippen molar-refractivity contribution in [1.29, 1.82) is 0 Å². The molecule has 2 unspecified atom stereocenters. The minimum absolute atomic E-state index is 0.0309. The number of nitrogens with one attached hydrogen (secondary N) is 1. The smallest absolute Gasteiger partial charge is 0.240 e. The van der Waals surface area contributed by atoms with Crippen molar-refractivity contribution in [3.8, 4) is 0 Å². The number of carbonyl (C=O) groups is 1. The van der Waals surface area contributed by atoms with Crippen LogP contribution in [0.3, 0.4) is 0 Å². The van der Waals surface area contributed by atoms with Crippen LogP contribution in [-0.2, 0) is 16.0 Å². The average molecular weight is 274 g/mol. The molecule has 0 aliphatic carbocycles. The lowest BCUT2D eigenvalue weighted by Gasteiger charge is -2.19. The second kappa shape index (κ2) is 6.37.